The van der Waals surface area contributed by atoms with Gasteiger partial charge in [0.05, 0.1) is 7.11 Å². The van der Waals surface area contributed by atoms with E-state index < -0.39 is 6.04 Å². The SMILES string of the molecule is COc1ccc(C)c(NC(C#N)C#N)c1C. The highest BCUT2D eigenvalue weighted by molar-refractivity contribution is 5.63. The molecule has 4 heteroatoms. The molecule has 1 aromatic rings. The molecule has 0 atom stereocenters. The first-order valence-electron chi connectivity index (χ1n) is 4.84. The van der Waals surface area contributed by atoms with E-state index in [1.807, 2.05) is 38.1 Å². The molecule has 0 aromatic heterocycles. The largest absolute Gasteiger partial charge is 0.496 e. The van der Waals surface area contributed by atoms with E-state index in [0.29, 0.717) is 0 Å². The lowest BCUT2D eigenvalue weighted by molar-refractivity contribution is 0.412. The summed E-state index contributed by atoms with van der Waals surface area (Å²) in [6.07, 6.45) is 0. The molecular weight excluding hydrogens is 202 g/mol. The van der Waals surface area contributed by atoms with Crippen LogP contribution in [0.25, 0.3) is 0 Å². The van der Waals surface area contributed by atoms with Crippen molar-refractivity contribution in [2.24, 2.45) is 0 Å². The fourth-order valence-corrected chi connectivity index (χ4v) is 1.51. The van der Waals surface area contributed by atoms with Gasteiger partial charge in [0.2, 0.25) is 6.04 Å². The molecule has 1 aromatic carbocycles. The Kier molecular flexibility index (Phi) is 3.74. The second-order valence-corrected chi connectivity index (χ2v) is 3.42. The minimum Gasteiger partial charge on any atom is -0.496 e. The summed E-state index contributed by atoms with van der Waals surface area (Å²) in [6, 6.07) is 6.67. The summed E-state index contributed by atoms with van der Waals surface area (Å²) in [5, 5.41) is 20.3. The van der Waals surface area contributed by atoms with E-state index in [4.69, 9.17) is 15.3 Å². The van der Waals surface area contributed by atoms with Crippen LogP contribution in [0.15, 0.2) is 12.1 Å². The van der Waals surface area contributed by atoms with E-state index >= 15 is 0 Å². The molecule has 0 bridgehead atoms. The number of nitrogens with zero attached hydrogens (tertiary/aromatic N) is 2. The lowest BCUT2D eigenvalue weighted by Crippen LogP contribution is -2.16. The molecule has 16 heavy (non-hydrogen) atoms. The summed E-state index contributed by atoms with van der Waals surface area (Å²) >= 11 is 0. The van der Waals surface area contributed by atoms with Gasteiger partial charge in [-0.15, -0.1) is 0 Å². The van der Waals surface area contributed by atoms with Gasteiger partial charge in [0, 0.05) is 11.3 Å². The Bertz CT molecular complexity index is 454. The van der Waals surface area contributed by atoms with Crippen molar-refractivity contribution >= 4 is 5.69 Å². The van der Waals surface area contributed by atoms with Crippen molar-refractivity contribution in [3.63, 3.8) is 0 Å². The van der Waals surface area contributed by atoms with Gasteiger partial charge in [0.1, 0.15) is 17.9 Å². The number of benzene rings is 1. The molecule has 0 amide bonds. The molecule has 0 heterocycles. The number of ether oxygens (including phenoxy) is 1. The summed E-state index contributed by atoms with van der Waals surface area (Å²) < 4.78 is 5.18. The van der Waals surface area contributed by atoms with Crippen LogP contribution >= 0.6 is 0 Å². The average molecular weight is 215 g/mol. The number of hydrogen-bond acceptors (Lipinski definition) is 4. The molecule has 0 unspecified atom stereocenters. The van der Waals surface area contributed by atoms with Crippen molar-refractivity contribution in [1.29, 1.82) is 10.5 Å². The molecule has 1 rings (SSSR count). The van der Waals surface area contributed by atoms with Gasteiger partial charge in [-0.1, -0.05) is 6.07 Å². The predicted molar refractivity (Wildman–Crippen MR) is 61.1 cm³/mol. The monoisotopic (exact) mass is 215 g/mol. The Balaban J connectivity index is 3.14. The second kappa shape index (κ2) is 5.04. The van der Waals surface area contributed by atoms with Gasteiger partial charge < -0.3 is 10.1 Å². The van der Waals surface area contributed by atoms with Crippen molar-refractivity contribution in [3.8, 4) is 17.9 Å². The quantitative estimate of drug-likeness (QED) is 0.838. The predicted octanol–water partition coefficient (Wildman–Crippen LogP) is 2.14. The molecule has 0 fully saturated rings. The first-order chi connectivity index (χ1) is 7.63. The Morgan fingerprint density at radius 1 is 1.25 bits per heavy atom. The maximum Gasteiger partial charge on any atom is 0.202 e. The van der Waals surface area contributed by atoms with Crippen molar-refractivity contribution in [1.82, 2.24) is 0 Å². The molecule has 0 aliphatic rings. The molecule has 0 aliphatic carbocycles. The Hall–Kier alpha value is -2.20. The topological polar surface area (TPSA) is 68.8 Å². The smallest absolute Gasteiger partial charge is 0.202 e. The van der Waals surface area contributed by atoms with Gasteiger partial charge in [-0.25, -0.2) is 0 Å². The Morgan fingerprint density at radius 3 is 2.38 bits per heavy atom. The van der Waals surface area contributed by atoms with Crippen LogP contribution in [-0.2, 0) is 0 Å². The third-order valence-corrected chi connectivity index (χ3v) is 2.39. The Morgan fingerprint density at radius 2 is 1.88 bits per heavy atom. The van der Waals surface area contributed by atoms with Gasteiger partial charge in [0.25, 0.3) is 0 Å². The van der Waals surface area contributed by atoms with Crippen LogP contribution in [0.1, 0.15) is 11.1 Å². The molecule has 0 spiro atoms. The van der Waals surface area contributed by atoms with Crippen LogP contribution in [0.3, 0.4) is 0 Å². The zero-order chi connectivity index (χ0) is 12.1. The zero-order valence-corrected chi connectivity index (χ0v) is 9.53. The summed E-state index contributed by atoms with van der Waals surface area (Å²) in [7, 11) is 1.59. The molecule has 0 aliphatic heterocycles. The molecule has 0 saturated carbocycles. The average Bonchev–Trinajstić information content (AvgIpc) is 2.30. The summed E-state index contributed by atoms with van der Waals surface area (Å²) in [6.45, 7) is 3.81. The summed E-state index contributed by atoms with van der Waals surface area (Å²) in [5.41, 5.74) is 2.67. The number of nitrogens with one attached hydrogen (secondary N) is 1. The summed E-state index contributed by atoms with van der Waals surface area (Å²) in [5.74, 6) is 0.739. The maximum absolute atomic E-state index is 8.73. The Labute approximate surface area is 95.1 Å². The highest BCUT2D eigenvalue weighted by atomic mass is 16.5. The number of anilines is 1. The van der Waals surface area contributed by atoms with Crippen LogP contribution in [0.2, 0.25) is 0 Å². The summed E-state index contributed by atoms with van der Waals surface area (Å²) in [4.78, 5) is 0. The minimum atomic E-state index is -0.843. The highest BCUT2D eigenvalue weighted by Gasteiger charge is 2.12. The van der Waals surface area contributed by atoms with E-state index in [9.17, 15) is 0 Å². The first-order valence-corrected chi connectivity index (χ1v) is 4.84. The molecule has 0 radical (unpaired) electrons. The normalized spacial score (nSPS) is 9.38. The lowest BCUT2D eigenvalue weighted by atomic mass is 10.1. The molecule has 0 saturated heterocycles. The van der Waals surface area contributed by atoms with Gasteiger partial charge in [-0.05, 0) is 25.5 Å². The van der Waals surface area contributed by atoms with Crippen LogP contribution in [0, 0.1) is 36.5 Å². The number of hydrogen-bond donors (Lipinski definition) is 1. The van der Waals surface area contributed by atoms with Crippen LogP contribution in [-0.4, -0.2) is 13.2 Å². The maximum atomic E-state index is 8.73. The third-order valence-electron chi connectivity index (χ3n) is 2.39. The van der Waals surface area contributed by atoms with E-state index in [0.717, 1.165) is 22.6 Å². The lowest BCUT2D eigenvalue weighted by Gasteiger charge is -2.15. The van der Waals surface area contributed by atoms with Crippen LogP contribution in [0.4, 0.5) is 5.69 Å². The minimum absolute atomic E-state index is 0.739. The van der Waals surface area contributed by atoms with Gasteiger partial charge in [-0.2, -0.15) is 10.5 Å². The van der Waals surface area contributed by atoms with Gasteiger partial charge in [-0.3, -0.25) is 0 Å². The van der Waals surface area contributed by atoms with E-state index in [1.54, 1.807) is 7.11 Å². The zero-order valence-electron chi connectivity index (χ0n) is 9.53. The first kappa shape index (κ1) is 11.9. The molecular formula is C12H13N3O. The third kappa shape index (κ3) is 2.24. The number of aryl methyl sites for hydroxylation is 1. The molecule has 4 nitrogen and oxygen atoms in total. The van der Waals surface area contributed by atoms with Crippen molar-refractivity contribution in [3.05, 3.63) is 23.3 Å². The van der Waals surface area contributed by atoms with Crippen molar-refractivity contribution in [2.75, 3.05) is 12.4 Å². The molecule has 1 N–H and O–H groups in total. The highest BCUT2D eigenvalue weighted by Crippen LogP contribution is 2.29. The van der Waals surface area contributed by atoms with Crippen LogP contribution in [0.5, 0.6) is 5.75 Å². The molecule has 82 valence electrons. The van der Waals surface area contributed by atoms with Crippen LogP contribution < -0.4 is 10.1 Å². The number of methoxy groups -OCH3 is 1. The number of rotatable bonds is 3. The van der Waals surface area contributed by atoms with Gasteiger partial charge in [0.15, 0.2) is 0 Å². The van der Waals surface area contributed by atoms with Crippen molar-refractivity contribution in [2.45, 2.75) is 19.9 Å². The van der Waals surface area contributed by atoms with E-state index in [1.165, 1.54) is 0 Å². The fraction of sp³-hybridized carbons (Fsp3) is 0.333. The standard InChI is InChI=1S/C12H13N3O/c1-8-4-5-11(16-3)9(2)12(8)15-10(6-13)7-14/h4-5,10,15H,1-3H3. The number of nitriles is 2. The van der Waals surface area contributed by atoms with E-state index in [2.05, 4.69) is 5.32 Å². The van der Waals surface area contributed by atoms with Crippen molar-refractivity contribution < 1.29 is 4.74 Å². The van der Waals surface area contributed by atoms with Gasteiger partial charge >= 0.3 is 0 Å². The second-order valence-electron chi connectivity index (χ2n) is 3.42. The van der Waals surface area contributed by atoms with E-state index in [-0.39, 0.29) is 0 Å². The fourth-order valence-electron chi connectivity index (χ4n) is 1.51.